The number of nitrogens with zero attached hydrogens (tertiary/aromatic N) is 1. The van der Waals surface area contributed by atoms with Crippen LogP contribution in [0.15, 0.2) is 41.6 Å². The highest BCUT2D eigenvalue weighted by Gasteiger charge is 2.66. The van der Waals surface area contributed by atoms with Crippen molar-refractivity contribution in [1.29, 1.82) is 0 Å². The number of carbonyl (C=O) groups is 4. The van der Waals surface area contributed by atoms with Crippen LogP contribution in [0.3, 0.4) is 0 Å². The van der Waals surface area contributed by atoms with Crippen LogP contribution in [-0.2, 0) is 33.4 Å². The number of thioether (sulfide) groups is 1. The van der Waals surface area contributed by atoms with E-state index in [0.717, 1.165) is 0 Å². The molecule has 1 fully saturated rings. The minimum absolute atomic E-state index is 0.0445. The summed E-state index contributed by atoms with van der Waals surface area (Å²) in [6, 6.07) is 8.78. The molecule has 2 heterocycles. The third-order valence-corrected chi connectivity index (χ3v) is 6.63. The molecule has 1 aromatic carbocycles. The summed E-state index contributed by atoms with van der Waals surface area (Å²) in [4.78, 5) is 51.5. The molecule has 10 nitrogen and oxygen atoms in total. The van der Waals surface area contributed by atoms with E-state index in [0.29, 0.717) is 17.1 Å². The molecule has 0 aliphatic carbocycles. The molecule has 34 heavy (non-hydrogen) atoms. The zero-order valence-corrected chi connectivity index (χ0v) is 20.5. The number of β-lactam (4-membered cyclic amide) rings is 1. The Kier molecular flexibility index (Phi) is 7.57. The Morgan fingerprint density at radius 1 is 1.18 bits per heavy atom. The van der Waals surface area contributed by atoms with Crippen molar-refractivity contribution in [1.82, 2.24) is 10.2 Å². The first-order chi connectivity index (χ1) is 16.0. The second-order valence-corrected chi connectivity index (χ2v) is 9.86. The van der Waals surface area contributed by atoms with Gasteiger partial charge in [-0.1, -0.05) is 18.2 Å². The molecule has 0 radical (unpaired) electrons. The van der Waals surface area contributed by atoms with Crippen LogP contribution in [0, 0.1) is 5.41 Å². The fraction of sp³-hybridized carbons (Fsp3) is 0.478. The number of nitrogens with one attached hydrogen (secondary N) is 1. The molecule has 1 saturated heterocycles. The molecular weight excluding hydrogens is 464 g/mol. The highest BCUT2D eigenvalue weighted by Crippen LogP contribution is 2.46. The summed E-state index contributed by atoms with van der Waals surface area (Å²) in [6.45, 7) is 5.84. The van der Waals surface area contributed by atoms with Crippen LogP contribution >= 0.6 is 11.8 Å². The molecule has 1 N–H and O–H groups in total. The summed E-state index contributed by atoms with van der Waals surface area (Å²) in [6.07, 6.45) is 0. The molecule has 0 saturated carbocycles. The normalized spacial score (nSPS) is 21.9. The van der Waals surface area contributed by atoms with Gasteiger partial charge in [-0.3, -0.25) is 19.3 Å². The molecule has 11 heteroatoms. The van der Waals surface area contributed by atoms with Crippen LogP contribution in [0.4, 0.5) is 0 Å². The number of rotatable bonds is 8. The third-order valence-electron chi connectivity index (χ3n) is 5.17. The van der Waals surface area contributed by atoms with Gasteiger partial charge in [0, 0.05) is 12.9 Å². The number of para-hydroxylation sites is 1. The second-order valence-electron chi connectivity index (χ2n) is 8.79. The maximum absolute atomic E-state index is 13.1. The Bertz CT molecular complexity index is 1000. The maximum atomic E-state index is 13.1. The standard InChI is InChI=1S/C23H28N2O8S/c1-14-12-34-20-23(30-5,24-16(26)11-31-15-9-7-6-8-10-15)19(28)25(20)17(14)18(27)32-13-33-21(29)22(2,3)4/h6-10,20H,11-13H2,1-5H3,(H,24,26)/t20-,23?/m1/s1. The van der Waals surface area contributed by atoms with Crippen LogP contribution in [-0.4, -0.2) is 66.0 Å². The fourth-order valence-electron chi connectivity index (χ4n) is 3.35. The van der Waals surface area contributed by atoms with E-state index in [1.165, 1.54) is 23.8 Å². The Balaban J connectivity index is 1.65. The van der Waals surface area contributed by atoms with Gasteiger partial charge in [0.05, 0.1) is 5.41 Å². The lowest BCUT2D eigenvalue weighted by atomic mass is 9.98. The molecule has 2 atom stereocenters. The summed E-state index contributed by atoms with van der Waals surface area (Å²) >= 11 is 1.34. The minimum Gasteiger partial charge on any atom is -0.484 e. The molecule has 3 rings (SSSR count). The highest BCUT2D eigenvalue weighted by molar-refractivity contribution is 8.00. The smallest absolute Gasteiger partial charge is 0.357 e. The van der Waals surface area contributed by atoms with E-state index in [1.807, 2.05) is 6.07 Å². The number of amides is 2. The first-order valence-corrected chi connectivity index (χ1v) is 11.6. The SMILES string of the molecule is COC1(NC(=O)COc2ccccc2)C(=O)N2C(C(=O)OCOC(=O)C(C)(C)C)=C(C)CS[C@@H]21. The van der Waals surface area contributed by atoms with E-state index >= 15 is 0 Å². The molecule has 0 aromatic heterocycles. The number of esters is 2. The van der Waals surface area contributed by atoms with Gasteiger partial charge >= 0.3 is 11.9 Å². The summed E-state index contributed by atoms with van der Waals surface area (Å²) < 4.78 is 21.0. The first kappa shape index (κ1) is 25.6. The van der Waals surface area contributed by atoms with Crippen LogP contribution in [0.2, 0.25) is 0 Å². The Hall–Kier alpha value is -3.05. The van der Waals surface area contributed by atoms with E-state index < -0.39 is 47.1 Å². The Morgan fingerprint density at radius 3 is 2.47 bits per heavy atom. The van der Waals surface area contributed by atoms with Gasteiger partial charge in [-0.05, 0) is 45.4 Å². The fourth-order valence-corrected chi connectivity index (χ4v) is 4.74. The average Bonchev–Trinajstić information content (AvgIpc) is 2.80. The molecule has 0 spiro atoms. The zero-order valence-electron chi connectivity index (χ0n) is 19.7. The van der Waals surface area contributed by atoms with Gasteiger partial charge < -0.3 is 24.3 Å². The van der Waals surface area contributed by atoms with Gasteiger partial charge in [0.15, 0.2) is 6.61 Å². The molecule has 2 aliphatic rings. The predicted octanol–water partition coefficient (Wildman–Crippen LogP) is 1.80. The maximum Gasteiger partial charge on any atom is 0.357 e. The van der Waals surface area contributed by atoms with Gasteiger partial charge in [0.2, 0.25) is 6.79 Å². The van der Waals surface area contributed by atoms with E-state index in [1.54, 1.807) is 52.0 Å². The van der Waals surface area contributed by atoms with Gasteiger partial charge in [-0.15, -0.1) is 11.8 Å². The zero-order chi connectivity index (χ0) is 25.1. The molecular formula is C23H28N2O8S. The second kappa shape index (κ2) is 10.1. The lowest BCUT2D eigenvalue weighted by molar-refractivity contribution is -0.194. The van der Waals surface area contributed by atoms with Crippen molar-refractivity contribution in [2.75, 3.05) is 26.3 Å². The summed E-state index contributed by atoms with van der Waals surface area (Å²) in [5.74, 6) is -1.58. The summed E-state index contributed by atoms with van der Waals surface area (Å²) in [5.41, 5.74) is -1.73. The lowest BCUT2D eigenvalue weighted by Gasteiger charge is -2.55. The number of methoxy groups -OCH3 is 1. The largest absolute Gasteiger partial charge is 0.484 e. The molecule has 1 unspecified atom stereocenters. The Morgan fingerprint density at radius 2 is 1.85 bits per heavy atom. The number of carbonyl (C=O) groups excluding carboxylic acids is 4. The van der Waals surface area contributed by atoms with E-state index in [4.69, 9.17) is 18.9 Å². The summed E-state index contributed by atoms with van der Waals surface area (Å²) in [5, 5.41) is 1.92. The van der Waals surface area contributed by atoms with E-state index in [-0.39, 0.29) is 12.3 Å². The van der Waals surface area contributed by atoms with Crippen LogP contribution in [0.25, 0.3) is 0 Å². The van der Waals surface area contributed by atoms with Gasteiger partial charge in [0.1, 0.15) is 16.8 Å². The summed E-state index contributed by atoms with van der Waals surface area (Å²) in [7, 11) is 1.31. The topological polar surface area (TPSA) is 120 Å². The number of hydrogen-bond donors (Lipinski definition) is 1. The quantitative estimate of drug-likeness (QED) is 0.329. The van der Waals surface area contributed by atoms with Crippen molar-refractivity contribution < 1.29 is 38.1 Å². The number of benzene rings is 1. The minimum atomic E-state index is -1.65. The van der Waals surface area contributed by atoms with Gasteiger partial charge in [-0.2, -0.15) is 0 Å². The first-order valence-electron chi connectivity index (χ1n) is 10.5. The van der Waals surface area contributed by atoms with Crippen LogP contribution in [0.5, 0.6) is 5.75 Å². The van der Waals surface area contributed by atoms with E-state index in [2.05, 4.69) is 5.32 Å². The molecule has 0 bridgehead atoms. The van der Waals surface area contributed by atoms with Gasteiger partial charge in [0.25, 0.3) is 17.5 Å². The monoisotopic (exact) mass is 492 g/mol. The number of hydrogen-bond acceptors (Lipinski definition) is 9. The highest BCUT2D eigenvalue weighted by atomic mass is 32.2. The molecule has 2 amide bonds. The van der Waals surface area contributed by atoms with Crippen LogP contribution < -0.4 is 10.1 Å². The Labute approximate surface area is 201 Å². The van der Waals surface area contributed by atoms with Crippen molar-refractivity contribution >= 4 is 35.5 Å². The number of fused-ring (bicyclic) bond motifs is 1. The van der Waals surface area contributed by atoms with Crippen molar-refractivity contribution in [2.24, 2.45) is 5.41 Å². The van der Waals surface area contributed by atoms with Crippen molar-refractivity contribution in [3.63, 3.8) is 0 Å². The average molecular weight is 493 g/mol. The molecule has 1 aromatic rings. The van der Waals surface area contributed by atoms with Crippen molar-refractivity contribution in [3.05, 3.63) is 41.6 Å². The van der Waals surface area contributed by atoms with Crippen LogP contribution in [0.1, 0.15) is 27.7 Å². The number of ether oxygens (including phenoxy) is 4. The predicted molar refractivity (Wildman–Crippen MR) is 122 cm³/mol. The molecule has 2 aliphatic heterocycles. The van der Waals surface area contributed by atoms with Gasteiger partial charge in [-0.25, -0.2) is 4.79 Å². The van der Waals surface area contributed by atoms with Crippen molar-refractivity contribution in [3.8, 4) is 5.75 Å². The third kappa shape index (κ3) is 5.05. The lowest BCUT2D eigenvalue weighted by Crippen LogP contribution is -2.80. The van der Waals surface area contributed by atoms with E-state index in [9.17, 15) is 19.2 Å². The van der Waals surface area contributed by atoms with Crippen molar-refractivity contribution in [2.45, 2.75) is 38.8 Å². The molecule has 184 valence electrons.